The average Bonchev–Trinajstić information content (AvgIpc) is 2.50. The van der Waals surface area contributed by atoms with Crippen molar-refractivity contribution >= 4 is 23.1 Å². The van der Waals surface area contributed by atoms with Gasteiger partial charge in [-0.15, -0.1) is 0 Å². The van der Waals surface area contributed by atoms with Crippen LogP contribution in [-0.2, 0) is 25.6 Å². The number of nitrogens with one attached hydrogen (secondary N) is 1. The van der Waals surface area contributed by atoms with Gasteiger partial charge in [-0.05, 0) is 48.2 Å². The standard InChI is InChI=1S/C16H18ClF3N4/c1-3-12-13(4-2)23-15(17)24-14(12)22-8-9-5-10(16(18,19)20)7-11(21)6-9/h5-7H,3-4,8,21H2,1-2H3,(H,22,23,24). The highest BCUT2D eigenvalue weighted by molar-refractivity contribution is 6.28. The second-order valence-corrected chi connectivity index (χ2v) is 5.63. The van der Waals surface area contributed by atoms with Gasteiger partial charge in [-0.25, -0.2) is 9.97 Å². The maximum absolute atomic E-state index is 12.9. The average molecular weight is 359 g/mol. The Morgan fingerprint density at radius 3 is 2.42 bits per heavy atom. The molecule has 0 saturated heterocycles. The van der Waals surface area contributed by atoms with E-state index in [-0.39, 0.29) is 17.5 Å². The van der Waals surface area contributed by atoms with Gasteiger partial charge in [0, 0.05) is 17.8 Å². The lowest BCUT2D eigenvalue weighted by Gasteiger charge is -2.15. The van der Waals surface area contributed by atoms with Gasteiger partial charge in [0.25, 0.3) is 0 Å². The predicted molar refractivity (Wildman–Crippen MR) is 89.0 cm³/mol. The van der Waals surface area contributed by atoms with E-state index in [4.69, 9.17) is 17.3 Å². The fourth-order valence-electron chi connectivity index (χ4n) is 2.48. The zero-order valence-electron chi connectivity index (χ0n) is 13.3. The summed E-state index contributed by atoms with van der Waals surface area (Å²) >= 11 is 5.92. The normalized spacial score (nSPS) is 11.6. The molecule has 130 valence electrons. The Morgan fingerprint density at radius 2 is 1.83 bits per heavy atom. The van der Waals surface area contributed by atoms with E-state index in [2.05, 4.69) is 15.3 Å². The fraction of sp³-hybridized carbons (Fsp3) is 0.375. The number of anilines is 2. The largest absolute Gasteiger partial charge is 0.416 e. The molecule has 0 unspecified atom stereocenters. The van der Waals surface area contributed by atoms with Crippen LogP contribution in [0.15, 0.2) is 18.2 Å². The summed E-state index contributed by atoms with van der Waals surface area (Å²) in [5, 5.41) is 3.15. The molecule has 0 aliphatic carbocycles. The first kappa shape index (κ1) is 18.3. The molecule has 1 heterocycles. The van der Waals surface area contributed by atoms with Gasteiger partial charge < -0.3 is 11.1 Å². The number of hydrogen-bond acceptors (Lipinski definition) is 4. The molecule has 2 rings (SSSR count). The number of aromatic nitrogens is 2. The van der Waals surface area contributed by atoms with Crippen molar-refractivity contribution in [3.8, 4) is 0 Å². The van der Waals surface area contributed by atoms with Gasteiger partial charge in [0.15, 0.2) is 0 Å². The number of alkyl halides is 3. The molecule has 3 N–H and O–H groups in total. The van der Waals surface area contributed by atoms with E-state index < -0.39 is 11.7 Å². The summed E-state index contributed by atoms with van der Waals surface area (Å²) in [6, 6.07) is 3.48. The molecule has 0 radical (unpaired) electrons. The van der Waals surface area contributed by atoms with Crippen molar-refractivity contribution in [1.82, 2.24) is 9.97 Å². The lowest BCUT2D eigenvalue weighted by molar-refractivity contribution is -0.137. The molecule has 0 spiro atoms. The SMILES string of the molecule is CCc1nc(Cl)nc(NCc2cc(N)cc(C(F)(F)F)c2)c1CC. The number of hydrogen-bond donors (Lipinski definition) is 2. The van der Waals surface area contributed by atoms with E-state index in [0.29, 0.717) is 24.2 Å². The van der Waals surface area contributed by atoms with Crippen LogP contribution in [0.4, 0.5) is 24.7 Å². The van der Waals surface area contributed by atoms with Gasteiger partial charge in [0.05, 0.1) is 11.3 Å². The van der Waals surface area contributed by atoms with E-state index in [0.717, 1.165) is 23.4 Å². The number of benzene rings is 1. The molecule has 0 bridgehead atoms. The summed E-state index contributed by atoms with van der Waals surface area (Å²) in [6.45, 7) is 4.06. The minimum absolute atomic E-state index is 0.0623. The molecule has 0 amide bonds. The molecule has 2 aromatic rings. The molecule has 8 heteroatoms. The summed E-state index contributed by atoms with van der Waals surface area (Å²) < 4.78 is 38.6. The second kappa shape index (κ2) is 7.25. The summed E-state index contributed by atoms with van der Waals surface area (Å²) in [7, 11) is 0. The molecule has 24 heavy (non-hydrogen) atoms. The highest BCUT2D eigenvalue weighted by Crippen LogP contribution is 2.31. The van der Waals surface area contributed by atoms with Crippen molar-refractivity contribution in [3.05, 3.63) is 45.9 Å². The van der Waals surface area contributed by atoms with Crippen LogP contribution in [0.5, 0.6) is 0 Å². The van der Waals surface area contributed by atoms with Crippen LogP contribution in [0.1, 0.15) is 36.2 Å². The van der Waals surface area contributed by atoms with Crippen molar-refractivity contribution in [3.63, 3.8) is 0 Å². The van der Waals surface area contributed by atoms with Gasteiger partial charge >= 0.3 is 6.18 Å². The molecule has 1 aromatic carbocycles. The molecule has 0 atom stereocenters. The first-order valence-corrected chi connectivity index (χ1v) is 7.88. The first-order valence-electron chi connectivity index (χ1n) is 7.50. The Kier molecular flexibility index (Phi) is 5.54. The van der Waals surface area contributed by atoms with E-state index in [1.807, 2.05) is 13.8 Å². The zero-order valence-corrected chi connectivity index (χ0v) is 14.1. The Morgan fingerprint density at radius 1 is 1.12 bits per heavy atom. The number of aryl methyl sites for hydroxylation is 1. The highest BCUT2D eigenvalue weighted by atomic mass is 35.5. The van der Waals surface area contributed by atoms with Crippen molar-refractivity contribution < 1.29 is 13.2 Å². The van der Waals surface area contributed by atoms with Crippen molar-refractivity contribution in [2.45, 2.75) is 39.4 Å². The summed E-state index contributed by atoms with van der Waals surface area (Å²) in [4.78, 5) is 8.34. The van der Waals surface area contributed by atoms with Crippen LogP contribution in [0, 0.1) is 0 Å². The van der Waals surface area contributed by atoms with Crippen LogP contribution in [0.25, 0.3) is 0 Å². The summed E-state index contributed by atoms with van der Waals surface area (Å²) in [6.07, 6.45) is -3.06. The molecule has 0 fully saturated rings. The van der Waals surface area contributed by atoms with Crippen LogP contribution in [0.3, 0.4) is 0 Å². The van der Waals surface area contributed by atoms with Gasteiger partial charge in [0.2, 0.25) is 5.28 Å². The molecular formula is C16H18ClF3N4. The fourth-order valence-corrected chi connectivity index (χ4v) is 2.67. The van der Waals surface area contributed by atoms with Crippen LogP contribution >= 0.6 is 11.6 Å². The van der Waals surface area contributed by atoms with Gasteiger partial charge in [-0.2, -0.15) is 13.2 Å². The minimum atomic E-state index is -4.44. The van der Waals surface area contributed by atoms with Gasteiger partial charge in [-0.3, -0.25) is 0 Å². The predicted octanol–water partition coefficient (Wildman–Crippen LogP) is 4.47. The smallest absolute Gasteiger partial charge is 0.399 e. The lowest BCUT2D eigenvalue weighted by atomic mass is 10.1. The maximum atomic E-state index is 12.9. The molecule has 0 saturated carbocycles. The number of halogens is 4. The molecule has 0 aliphatic rings. The number of nitrogen functional groups attached to an aromatic ring is 1. The van der Waals surface area contributed by atoms with E-state index in [1.54, 1.807) is 0 Å². The first-order chi connectivity index (χ1) is 11.2. The Hall–Kier alpha value is -2.02. The monoisotopic (exact) mass is 358 g/mol. The van der Waals surface area contributed by atoms with E-state index in [9.17, 15) is 13.2 Å². The second-order valence-electron chi connectivity index (χ2n) is 5.29. The van der Waals surface area contributed by atoms with E-state index >= 15 is 0 Å². The van der Waals surface area contributed by atoms with Crippen molar-refractivity contribution in [1.29, 1.82) is 0 Å². The van der Waals surface area contributed by atoms with Crippen LogP contribution in [-0.4, -0.2) is 9.97 Å². The molecule has 1 aromatic heterocycles. The Balaban J connectivity index is 2.29. The third kappa shape index (κ3) is 4.29. The van der Waals surface area contributed by atoms with E-state index in [1.165, 1.54) is 6.07 Å². The van der Waals surface area contributed by atoms with Crippen LogP contribution in [0.2, 0.25) is 5.28 Å². The minimum Gasteiger partial charge on any atom is -0.399 e. The Bertz CT molecular complexity index is 732. The summed E-state index contributed by atoms with van der Waals surface area (Å²) in [5.41, 5.74) is 7.01. The third-order valence-corrected chi connectivity index (χ3v) is 3.73. The molecule has 0 aliphatic heterocycles. The zero-order chi connectivity index (χ0) is 17.9. The summed E-state index contributed by atoms with van der Waals surface area (Å²) in [5.74, 6) is 0.533. The van der Waals surface area contributed by atoms with Gasteiger partial charge in [-0.1, -0.05) is 13.8 Å². The molecule has 4 nitrogen and oxygen atoms in total. The highest BCUT2D eigenvalue weighted by Gasteiger charge is 2.31. The number of rotatable bonds is 5. The third-order valence-electron chi connectivity index (χ3n) is 3.56. The number of nitrogens with two attached hydrogens (primary N) is 1. The van der Waals surface area contributed by atoms with Crippen molar-refractivity contribution in [2.24, 2.45) is 0 Å². The maximum Gasteiger partial charge on any atom is 0.416 e. The number of nitrogens with zero attached hydrogens (tertiary/aromatic N) is 2. The molecular weight excluding hydrogens is 341 g/mol. The quantitative estimate of drug-likeness (QED) is 0.611. The van der Waals surface area contributed by atoms with Gasteiger partial charge in [0.1, 0.15) is 5.82 Å². The topological polar surface area (TPSA) is 63.8 Å². The van der Waals surface area contributed by atoms with Crippen LogP contribution < -0.4 is 11.1 Å². The lowest BCUT2D eigenvalue weighted by Crippen LogP contribution is -2.11. The van der Waals surface area contributed by atoms with Crippen molar-refractivity contribution in [2.75, 3.05) is 11.1 Å². The Labute approximate surface area is 143 Å².